The van der Waals surface area contributed by atoms with Gasteiger partial charge >= 0.3 is 0 Å². The van der Waals surface area contributed by atoms with Crippen molar-refractivity contribution in [2.24, 2.45) is 5.92 Å². The third-order valence-electron chi connectivity index (χ3n) is 2.66. The molecule has 1 aromatic carbocycles. The zero-order chi connectivity index (χ0) is 11.7. The summed E-state index contributed by atoms with van der Waals surface area (Å²) in [5, 5.41) is 9.07. The van der Waals surface area contributed by atoms with E-state index >= 15 is 0 Å². The molecule has 1 atom stereocenters. The standard InChI is InChI=1S/C11H11BrINO2/c12-9-4-8(13)1-2-10(9)14-5-7(6-15)3-11(14)16/h1-2,4,7,15H,3,5-6H2. The molecule has 86 valence electrons. The average Bonchev–Trinajstić information content (AvgIpc) is 2.60. The lowest BCUT2D eigenvalue weighted by atomic mass is 10.1. The maximum Gasteiger partial charge on any atom is 0.227 e. The van der Waals surface area contributed by atoms with Gasteiger partial charge in [-0.1, -0.05) is 0 Å². The Morgan fingerprint density at radius 3 is 2.88 bits per heavy atom. The van der Waals surface area contributed by atoms with Crippen LogP contribution in [0, 0.1) is 9.49 Å². The highest BCUT2D eigenvalue weighted by Gasteiger charge is 2.30. The van der Waals surface area contributed by atoms with Crippen LogP contribution >= 0.6 is 38.5 Å². The number of rotatable bonds is 2. The summed E-state index contributed by atoms with van der Waals surface area (Å²) in [6, 6.07) is 5.89. The van der Waals surface area contributed by atoms with E-state index in [9.17, 15) is 4.79 Å². The van der Waals surface area contributed by atoms with E-state index in [1.807, 2.05) is 18.2 Å². The first kappa shape index (κ1) is 12.3. The fourth-order valence-electron chi connectivity index (χ4n) is 1.84. The molecule has 0 spiro atoms. The highest BCUT2D eigenvalue weighted by Crippen LogP contribution is 2.32. The van der Waals surface area contributed by atoms with Crippen molar-refractivity contribution in [2.45, 2.75) is 6.42 Å². The van der Waals surface area contributed by atoms with Crippen LogP contribution < -0.4 is 4.90 Å². The lowest BCUT2D eigenvalue weighted by molar-refractivity contribution is -0.117. The van der Waals surface area contributed by atoms with Crippen molar-refractivity contribution < 1.29 is 9.90 Å². The van der Waals surface area contributed by atoms with E-state index in [0.717, 1.165) is 13.7 Å². The van der Waals surface area contributed by atoms with Crippen LogP contribution in [-0.4, -0.2) is 24.2 Å². The molecule has 3 nitrogen and oxygen atoms in total. The zero-order valence-corrected chi connectivity index (χ0v) is 12.2. The number of nitrogens with zero attached hydrogens (tertiary/aromatic N) is 1. The van der Waals surface area contributed by atoms with E-state index in [1.54, 1.807) is 4.90 Å². The number of carbonyl (C=O) groups is 1. The van der Waals surface area contributed by atoms with Crippen LogP contribution in [0.3, 0.4) is 0 Å². The zero-order valence-electron chi connectivity index (χ0n) is 8.49. The number of anilines is 1. The van der Waals surface area contributed by atoms with Gasteiger partial charge in [0.25, 0.3) is 0 Å². The molecular formula is C11H11BrINO2. The van der Waals surface area contributed by atoms with Crippen molar-refractivity contribution in [3.8, 4) is 0 Å². The number of hydrogen-bond acceptors (Lipinski definition) is 2. The summed E-state index contributed by atoms with van der Waals surface area (Å²) in [6.45, 7) is 0.679. The Morgan fingerprint density at radius 2 is 2.31 bits per heavy atom. The molecule has 0 aromatic heterocycles. The van der Waals surface area contributed by atoms with Crippen molar-refractivity contribution in [2.75, 3.05) is 18.1 Å². The van der Waals surface area contributed by atoms with Gasteiger partial charge in [-0.3, -0.25) is 4.79 Å². The summed E-state index contributed by atoms with van der Waals surface area (Å²) in [6.07, 6.45) is 0.439. The van der Waals surface area contributed by atoms with Crippen LogP contribution in [0.25, 0.3) is 0 Å². The van der Waals surface area contributed by atoms with Gasteiger partial charge in [-0.2, -0.15) is 0 Å². The third-order valence-corrected chi connectivity index (χ3v) is 3.97. The number of hydrogen-bond donors (Lipinski definition) is 1. The van der Waals surface area contributed by atoms with Gasteiger partial charge in [0.1, 0.15) is 0 Å². The van der Waals surface area contributed by atoms with E-state index in [0.29, 0.717) is 13.0 Å². The van der Waals surface area contributed by atoms with Crippen LogP contribution in [-0.2, 0) is 4.79 Å². The molecular weight excluding hydrogens is 385 g/mol. The molecule has 1 aliphatic heterocycles. The number of amides is 1. The Morgan fingerprint density at radius 1 is 1.56 bits per heavy atom. The molecule has 1 N–H and O–H groups in total. The van der Waals surface area contributed by atoms with Crippen molar-refractivity contribution in [1.29, 1.82) is 0 Å². The van der Waals surface area contributed by atoms with Crippen molar-refractivity contribution in [3.05, 3.63) is 26.2 Å². The molecule has 1 unspecified atom stereocenters. The Bertz CT molecular complexity index is 424. The van der Waals surface area contributed by atoms with Crippen LogP contribution in [0.1, 0.15) is 6.42 Å². The highest BCUT2D eigenvalue weighted by atomic mass is 127. The van der Waals surface area contributed by atoms with Crippen molar-refractivity contribution in [3.63, 3.8) is 0 Å². The summed E-state index contributed by atoms with van der Waals surface area (Å²) in [4.78, 5) is 13.5. The van der Waals surface area contributed by atoms with E-state index < -0.39 is 0 Å². The first-order valence-electron chi connectivity index (χ1n) is 4.98. The first-order valence-corrected chi connectivity index (χ1v) is 6.85. The molecule has 1 fully saturated rings. The summed E-state index contributed by atoms with van der Waals surface area (Å²) >= 11 is 5.69. The van der Waals surface area contributed by atoms with Crippen LogP contribution in [0.4, 0.5) is 5.69 Å². The monoisotopic (exact) mass is 395 g/mol. The van der Waals surface area contributed by atoms with Crippen LogP contribution in [0.5, 0.6) is 0 Å². The van der Waals surface area contributed by atoms with Gasteiger partial charge < -0.3 is 10.0 Å². The van der Waals surface area contributed by atoms with Gasteiger partial charge in [-0.15, -0.1) is 0 Å². The Labute approximate surface area is 116 Å². The Hall–Kier alpha value is -0.140. The second-order valence-corrected chi connectivity index (χ2v) is 5.95. The smallest absolute Gasteiger partial charge is 0.227 e. The van der Waals surface area contributed by atoms with Gasteiger partial charge in [0.15, 0.2) is 0 Å². The van der Waals surface area contributed by atoms with Gasteiger partial charge in [-0.25, -0.2) is 0 Å². The predicted molar refractivity (Wildman–Crippen MR) is 74.4 cm³/mol. The minimum atomic E-state index is 0.0682. The van der Waals surface area contributed by atoms with E-state index in [-0.39, 0.29) is 18.4 Å². The van der Waals surface area contributed by atoms with Gasteiger partial charge in [0, 0.05) is 33.5 Å². The van der Waals surface area contributed by atoms with E-state index in [1.165, 1.54) is 0 Å². The Kier molecular flexibility index (Phi) is 3.86. The fourth-order valence-corrected chi connectivity index (χ4v) is 3.35. The maximum absolute atomic E-state index is 11.8. The quantitative estimate of drug-likeness (QED) is 0.781. The first-order chi connectivity index (χ1) is 7.61. The minimum Gasteiger partial charge on any atom is -0.396 e. The summed E-state index contributed by atoms with van der Waals surface area (Å²) < 4.78 is 2.05. The number of carbonyl (C=O) groups excluding carboxylic acids is 1. The van der Waals surface area contributed by atoms with Crippen molar-refractivity contribution >= 4 is 50.1 Å². The summed E-state index contributed by atoms with van der Waals surface area (Å²) in [5.41, 5.74) is 0.890. The normalized spacial score (nSPS) is 20.6. The molecule has 0 saturated carbocycles. The van der Waals surface area contributed by atoms with Crippen molar-refractivity contribution in [1.82, 2.24) is 0 Å². The minimum absolute atomic E-state index is 0.0682. The molecule has 1 amide bonds. The van der Waals surface area contributed by atoms with Gasteiger partial charge in [0.05, 0.1) is 5.69 Å². The summed E-state index contributed by atoms with van der Waals surface area (Å²) in [5.74, 6) is 0.152. The molecule has 1 aliphatic rings. The van der Waals surface area contributed by atoms with Crippen LogP contribution in [0.15, 0.2) is 22.7 Å². The fraction of sp³-hybridized carbons (Fsp3) is 0.364. The van der Waals surface area contributed by atoms with Gasteiger partial charge in [0.2, 0.25) is 5.91 Å². The number of benzene rings is 1. The summed E-state index contributed by atoms with van der Waals surface area (Å²) in [7, 11) is 0. The molecule has 0 bridgehead atoms. The molecule has 0 radical (unpaired) electrons. The lowest BCUT2D eigenvalue weighted by Gasteiger charge is -2.18. The number of aliphatic hydroxyl groups is 1. The molecule has 0 aliphatic carbocycles. The lowest BCUT2D eigenvalue weighted by Crippen LogP contribution is -2.25. The second kappa shape index (κ2) is 5.01. The maximum atomic E-state index is 11.8. The average molecular weight is 396 g/mol. The van der Waals surface area contributed by atoms with E-state index in [2.05, 4.69) is 38.5 Å². The third kappa shape index (κ3) is 2.41. The van der Waals surface area contributed by atoms with Crippen LogP contribution in [0.2, 0.25) is 0 Å². The molecule has 2 rings (SSSR count). The van der Waals surface area contributed by atoms with Gasteiger partial charge in [-0.05, 0) is 56.7 Å². The largest absolute Gasteiger partial charge is 0.396 e. The molecule has 5 heteroatoms. The molecule has 16 heavy (non-hydrogen) atoms. The topological polar surface area (TPSA) is 40.5 Å². The molecule has 1 aromatic rings. The Balaban J connectivity index is 2.28. The number of aliphatic hydroxyl groups excluding tert-OH is 1. The van der Waals surface area contributed by atoms with E-state index in [4.69, 9.17) is 5.11 Å². The predicted octanol–water partition coefficient (Wildman–Crippen LogP) is 2.40. The SMILES string of the molecule is O=C1CC(CO)CN1c1ccc(I)cc1Br. The highest BCUT2D eigenvalue weighted by molar-refractivity contribution is 14.1. The number of halogens is 2. The second-order valence-electron chi connectivity index (χ2n) is 3.85. The molecule has 1 saturated heterocycles. The molecule has 1 heterocycles.